The van der Waals surface area contributed by atoms with E-state index in [1.54, 1.807) is 0 Å². The predicted octanol–water partition coefficient (Wildman–Crippen LogP) is 3.74. The molecule has 0 aliphatic carbocycles. The largest absolute Gasteiger partial charge is 0.375 e. The second-order valence-electron chi connectivity index (χ2n) is 6.03. The Morgan fingerprint density at radius 3 is 1.87 bits per heavy atom. The number of nitrogens with zero attached hydrogens (tertiary/aromatic N) is 1. The second kappa shape index (κ2) is 9.46. The number of hydrogen-bond acceptors (Lipinski definition) is 3. The quantitative estimate of drug-likeness (QED) is 0.704. The van der Waals surface area contributed by atoms with Gasteiger partial charge in [0.25, 0.3) is 0 Å². The summed E-state index contributed by atoms with van der Waals surface area (Å²) in [5.74, 6) is 0. The lowest BCUT2D eigenvalue weighted by molar-refractivity contribution is -0.0366. The van der Waals surface area contributed by atoms with Crippen molar-refractivity contribution in [2.75, 3.05) is 20.7 Å². The summed E-state index contributed by atoms with van der Waals surface area (Å²) in [7, 11) is 4.14. The minimum Gasteiger partial charge on any atom is -0.375 e. The van der Waals surface area contributed by atoms with Crippen LogP contribution in [0.4, 0.5) is 0 Å². The van der Waals surface area contributed by atoms with Gasteiger partial charge in [-0.1, -0.05) is 60.7 Å². The molecule has 0 bridgehead atoms. The molecular formula is C20H27NO2. The number of benzene rings is 2. The third-order valence-corrected chi connectivity index (χ3v) is 3.96. The van der Waals surface area contributed by atoms with E-state index in [1.165, 1.54) is 11.1 Å². The van der Waals surface area contributed by atoms with Crippen LogP contribution in [0.3, 0.4) is 0 Å². The van der Waals surface area contributed by atoms with Crippen LogP contribution in [-0.4, -0.2) is 37.7 Å². The van der Waals surface area contributed by atoms with Gasteiger partial charge in [-0.25, -0.2) is 0 Å². The third-order valence-electron chi connectivity index (χ3n) is 3.96. The normalized spacial score (nSPS) is 13.9. The first-order valence-electron chi connectivity index (χ1n) is 8.10. The van der Waals surface area contributed by atoms with Crippen molar-refractivity contribution in [1.29, 1.82) is 0 Å². The number of ether oxygens (including phenoxy) is 2. The average molecular weight is 313 g/mol. The molecule has 3 heteroatoms. The van der Waals surface area contributed by atoms with Gasteiger partial charge in [0, 0.05) is 0 Å². The molecule has 0 aliphatic rings. The van der Waals surface area contributed by atoms with Gasteiger partial charge in [0.2, 0.25) is 0 Å². The van der Waals surface area contributed by atoms with Crippen LogP contribution in [0.15, 0.2) is 60.7 Å². The van der Waals surface area contributed by atoms with Crippen molar-refractivity contribution < 1.29 is 9.47 Å². The molecule has 0 fully saturated rings. The molecule has 0 spiro atoms. The first-order valence-corrected chi connectivity index (χ1v) is 8.10. The Morgan fingerprint density at radius 2 is 1.35 bits per heavy atom. The van der Waals surface area contributed by atoms with Crippen LogP contribution in [0.2, 0.25) is 0 Å². The fraction of sp³-hybridized carbons (Fsp3) is 0.400. The van der Waals surface area contributed by atoms with E-state index in [-0.39, 0.29) is 12.1 Å². The highest BCUT2D eigenvalue weighted by atomic mass is 16.5. The molecule has 0 N–H and O–H groups in total. The summed E-state index contributed by atoms with van der Waals surface area (Å²) in [4.78, 5) is 2.17. The van der Waals surface area contributed by atoms with Gasteiger partial charge in [0.15, 0.2) is 0 Å². The van der Waals surface area contributed by atoms with E-state index in [4.69, 9.17) is 9.47 Å². The van der Waals surface area contributed by atoms with Crippen LogP contribution in [-0.2, 0) is 22.7 Å². The Balaban J connectivity index is 1.80. The average Bonchev–Trinajstić information content (AvgIpc) is 2.58. The molecule has 2 rings (SSSR count). The van der Waals surface area contributed by atoms with Crippen LogP contribution < -0.4 is 0 Å². The molecule has 0 aliphatic heterocycles. The Morgan fingerprint density at radius 1 is 0.826 bits per heavy atom. The SMILES string of the molecule is CC(OCc1ccccc1)C(COCc1ccccc1)N(C)C. The summed E-state index contributed by atoms with van der Waals surface area (Å²) in [5, 5.41) is 0. The van der Waals surface area contributed by atoms with Crippen LogP contribution in [0.1, 0.15) is 18.1 Å². The fourth-order valence-electron chi connectivity index (χ4n) is 2.49. The number of likely N-dealkylation sites (N-methyl/N-ethyl adjacent to an activating group) is 1. The van der Waals surface area contributed by atoms with Gasteiger partial charge < -0.3 is 14.4 Å². The smallest absolute Gasteiger partial charge is 0.0728 e. The van der Waals surface area contributed by atoms with Gasteiger partial charge in [0.05, 0.1) is 32.0 Å². The zero-order valence-electron chi connectivity index (χ0n) is 14.3. The maximum Gasteiger partial charge on any atom is 0.0728 e. The third kappa shape index (κ3) is 6.14. The standard InChI is InChI=1S/C20H27NO2/c1-17(23-15-19-12-8-5-9-13-19)20(21(2)3)16-22-14-18-10-6-4-7-11-18/h4-13,17,20H,14-16H2,1-3H3. The van der Waals surface area contributed by atoms with Crippen molar-refractivity contribution in [2.45, 2.75) is 32.3 Å². The molecule has 2 aromatic rings. The van der Waals surface area contributed by atoms with E-state index >= 15 is 0 Å². The first-order chi connectivity index (χ1) is 11.2. The van der Waals surface area contributed by atoms with Gasteiger partial charge in [-0.2, -0.15) is 0 Å². The van der Waals surface area contributed by atoms with Gasteiger partial charge in [0.1, 0.15) is 0 Å². The van der Waals surface area contributed by atoms with Crippen LogP contribution in [0, 0.1) is 0 Å². The summed E-state index contributed by atoms with van der Waals surface area (Å²) < 4.78 is 11.9. The highest BCUT2D eigenvalue weighted by Gasteiger charge is 2.20. The highest BCUT2D eigenvalue weighted by Crippen LogP contribution is 2.11. The molecule has 0 saturated heterocycles. The minimum absolute atomic E-state index is 0.0981. The van der Waals surface area contributed by atoms with Crippen LogP contribution in [0.5, 0.6) is 0 Å². The van der Waals surface area contributed by atoms with Crippen molar-refractivity contribution in [3.05, 3.63) is 71.8 Å². The van der Waals surface area contributed by atoms with E-state index in [9.17, 15) is 0 Å². The van der Waals surface area contributed by atoms with Crippen molar-refractivity contribution in [3.8, 4) is 0 Å². The van der Waals surface area contributed by atoms with Crippen molar-refractivity contribution >= 4 is 0 Å². The number of hydrogen-bond donors (Lipinski definition) is 0. The Bertz CT molecular complexity index is 542. The first kappa shape index (κ1) is 17.7. The lowest BCUT2D eigenvalue weighted by atomic mass is 10.1. The van der Waals surface area contributed by atoms with Crippen LogP contribution in [0.25, 0.3) is 0 Å². The zero-order chi connectivity index (χ0) is 16.5. The van der Waals surface area contributed by atoms with Crippen molar-refractivity contribution in [1.82, 2.24) is 4.90 Å². The van der Waals surface area contributed by atoms with Gasteiger partial charge in [-0.05, 0) is 32.1 Å². The van der Waals surface area contributed by atoms with E-state index < -0.39 is 0 Å². The Kier molecular flexibility index (Phi) is 7.27. The van der Waals surface area contributed by atoms with E-state index in [1.807, 2.05) is 36.4 Å². The molecule has 0 amide bonds. The second-order valence-corrected chi connectivity index (χ2v) is 6.03. The van der Waals surface area contributed by atoms with Gasteiger partial charge in [-0.15, -0.1) is 0 Å². The summed E-state index contributed by atoms with van der Waals surface area (Å²) in [6, 6.07) is 20.8. The number of rotatable bonds is 9. The summed E-state index contributed by atoms with van der Waals surface area (Å²) >= 11 is 0. The van der Waals surface area contributed by atoms with E-state index in [2.05, 4.69) is 50.2 Å². The molecule has 0 radical (unpaired) electrons. The summed E-state index contributed by atoms with van der Waals surface area (Å²) in [6.45, 7) is 4.03. The molecule has 2 atom stereocenters. The van der Waals surface area contributed by atoms with Crippen molar-refractivity contribution in [3.63, 3.8) is 0 Å². The van der Waals surface area contributed by atoms with Gasteiger partial charge >= 0.3 is 0 Å². The van der Waals surface area contributed by atoms with E-state index in [0.717, 1.165) is 0 Å². The Hall–Kier alpha value is -1.68. The molecule has 0 saturated carbocycles. The van der Waals surface area contributed by atoms with Crippen molar-refractivity contribution in [2.24, 2.45) is 0 Å². The summed E-state index contributed by atoms with van der Waals surface area (Å²) in [5.41, 5.74) is 2.39. The van der Waals surface area contributed by atoms with E-state index in [0.29, 0.717) is 19.8 Å². The molecule has 3 nitrogen and oxygen atoms in total. The molecular weight excluding hydrogens is 286 g/mol. The predicted molar refractivity (Wildman–Crippen MR) is 94.3 cm³/mol. The topological polar surface area (TPSA) is 21.7 Å². The monoisotopic (exact) mass is 313 g/mol. The summed E-state index contributed by atoms with van der Waals surface area (Å²) in [6.07, 6.45) is 0.0981. The molecule has 23 heavy (non-hydrogen) atoms. The minimum atomic E-state index is 0.0981. The molecule has 2 aromatic carbocycles. The zero-order valence-corrected chi connectivity index (χ0v) is 14.3. The lowest BCUT2D eigenvalue weighted by Crippen LogP contribution is -2.42. The highest BCUT2D eigenvalue weighted by molar-refractivity contribution is 5.14. The fourth-order valence-corrected chi connectivity index (χ4v) is 2.49. The maximum absolute atomic E-state index is 6.03. The van der Waals surface area contributed by atoms with Gasteiger partial charge in [-0.3, -0.25) is 0 Å². The molecule has 0 heterocycles. The maximum atomic E-state index is 6.03. The lowest BCUT2D eigenvalue weighted by Gasteiger charge is -2.30. The van der Waals surface area contributed by atoms with Crippen LogP contribution >= 0.6 is 0 Å². The molecule has 124 valence electrons. The molecule has 0 aromatic heterocycles. The molecule has 2 unspecified atom stereocenters. The Labute approximate surface area is 139 Å².